The normalized spacial score (nSPS) is 10.4. The van der Waals surface area contributed by atoms with Crippen LogP contribution in [0.25, 0.3) is 0 Å². The highest BCUT2D eigenvalue weighted by molar-refractivity contribution is 8.01. The average Bonchev–Trinajstić information content (AvgIpc) is 3.03. The quantitative estimate of drug-likeness (QED) is 0.647. The van der Waals surface area contributed by atoms with Crippen LogP contribution in [-0.2, 0) is 0 Å². The lowest BCUT2D eigenvalue weighted by Crippen LogP contribution is -2.11. The van der Waals surface area contributed by atoms with E-state index in [0.717, 1.165) is 10.6 Å². The first-order chi connectivity index (χ1) is 10.7. The van der Waals surface area contributed by atoms with Crippen LogP contribution in [0, 0.1) is 0 Å². The van der Waals surface area contributed by atoms with Crippen molar-refractivity contribution in [3.8, 4) is 0 Å². The van der Waals surface area contributed by atoms with Crippen LogP contribution in [0.3, 0.4) is 0 Å². The third kappa shape index (κ3) is 3.91. The fraction of sp³-hybridized carbons (Fsp3) is 0. The Morgan fingerprint density at radius 1 is 1.00 bits per heavy atom. The molecule has 1 heterocycles. The third-order valence-corrected chi connectivity index (χ3v) is 5.23. The van der Waals surface area contributed by atoms with Gasteiger partial charge in [0.05, 0.1) is 4.21 Å². The highest BCUT2D eigenvalue weighted by Crippen LogP contribution is 2.31. The zero-order chi connectivity index (χ0) is 15.4. The van der Waals surface area contributed by atoms with E-state index in [9.17, 15) is 4.79 Å². The molecule has 1 N–H and O–H groups in total. The Labute approximate surface area is 142 Å². The summed E-state index contributed by atoms with van der Waals surface area (Å²) in [7, 11) is 0. The lowest BCUT2D eigenvalue weighted by atomic mass is 10.2. The van der Waals surface area contributed by atoms with Gasteiger partial charge in [-0.1, -0.05) is 29.4 Å². The summed E-state index contributed by atoms with van der Waals surface area (Å²) in [6.45, 7) is 0. The second-order valence-electron chi connectivity index (χ2n) is 4.52. The van der Waals surface area contributed by atoms with Crippen LogP contribution in [0.5, 0.6) is 0 Å². The van der Waals surface area contributed by atoms with Gasteiger partial charge in [-0.05, 0) is 60.0 Å². The van der Waals surface area contributed by atoms with Crippen molar-refractivity contribution < 1.29 is 4.79 Å². The van der Waals surface area contributed by atoms with E-state index in [1.165, 1.54) is 4.21 Å². The maximum Gasteiger partial charge on any atom is 0.255 e. The largest absolute Gasteiger partial charge is 0.322 e. The molecule has 1 aromatic heterocycles. The lowest BCUT2D eigenvalue weighted by molar-refractivity contribution is 0.102. The van der Waals surface area contributed by atoms with Crippen molar-refractivity contribution in [2.24, 2.45) is 0 Å². The molecule has 3 rings (SSSR count). The van der Waals surface area contributed by atoms with Crippen LogP contribution in [0.4, 0.5) is 5.69 Å². The molecular formula is C17H12ClNOS2. The molecule has 0 radical (unpaired) electrons. The van der Waals surface area contributed by atoms with E-state index in [1.807, 2.05) is 30.3 Å². The molecule has 22 heavy (non-hydrogen) atoms. The highest BCUT2D eigenvalue weighted by Gasteiger charge is 2.06. The number of carbonyl (C=O) groups excluding carboxylic acids is 1. The molecule has 0 aliphatic heterocycles. The van der Waals surface area contributed by atoms with Gasteiger partial charge in [-0.25, -0.2) is 0 Å². The smallest absolute Gasteiger partial charge is 0.255 e. The third-order valence-electron chi connectivity index (χ3n) is 2.93. The summed E-state index contributed by atoms with van der Waals surface area (Å²) in [6.07, 6.45) is 0. The molecular weight excluding hydrogens is 334 g/mol. The molecule has 110 valence electrons. The Bertz CT molecular complexity index is 752. The Balaban J connectivity index is 1.65. The van der Waals surface area contributed by atoms with E-state index in [2.05, 4.69) is 16.8 Å². The van der Waals surface area contributed by atoms with Gasteiger partial charge in [0.1, 0.15) is 0 Å². The second-order valence-corrected chi connectivity index (χ2v) is 7.28. The van der Waals surface area contributed by atoms with Gasteiger partial charge in [0.2, 0.25) is 0 Å². The van der Waals surface area contributed by atoms with Gasteiger partial charge in [0.25, 0.3) is 5.91 Å². The monoisotopic (exact) mass is 345 g/mol. The first-order valence-electron chi connectivity index (χ1n) is 6.59. The minimum atomic E-state index is -0.143. The van der Waals surface area contributed by atoms with Crippen LogP contribution < -0.4 is 5.32 Å². The molecule has 0 unspecified atom stereocenters. The van der Waals surface area contributed by atoms with Crippen molar-refractivity contribution in [1.29, 1.82) is 0 Å². The van der Waals surface area contributed by atoms with Crippen molar-refractivity contribution in [3.63, 3.8) is 0 Å². The molecule has 0 saturated heterocycles. The van der Waals surface area contributed by atoms with Crippen molar-refractivity contribution in [3.05, 3.63) is 76.6 Å². The standard InChI is InChI=1S/C17H12ClNOS2/c18-13-5-3-12(4-6-13)17(20)19-14-7-9-15(10-8-14)22-16-2-1-11-21-16/h1-11H,(H,19,20). The number of hydrogen-bond acceptors (Lipinski definition) is 3. The van der Waals surface area contributed by atoms with Crippen LogP contribution >= 0.6 is 34.7 Å². The van der Waals surface area contributed by atoms with Gasteiger partial charge < -0.3 is 5.32 Å². The summed E-state index contributed by atoms with van der Waals surface area (Å²) in [6, 6.07) is 18.8. The summed E-state index contributed by atoms with van der Waals surface area (Å²) in [4.78, 5) is 13.3. The minimum absolute atomic E-state index is 0.143. The maximum atomic E-state index is 12.1. The topological polar surface area (TPSA) is 29.1 Å². The molecule has 2 aromatic carbocycles. The number of hydrogen-bond donors (Lipinski definition) is 1. The number of nitrogens with one attached hydrogen (secondary N) is 1. The number of thiophene rings is 1. The fourth-order valence-corrected chi connectivity index (χ4v) is 3.72. The molecule has 1 amide bonds. The molecule has 0 spiro atoms. The van der Waals surface area contributed by atoms with E-state index < -0.39 is 0 Å². The van der Waals surface area contributed by atoms with E-state index in [0.29, 0.717) is 10.6 Å². The summed E-state index contributed by atoms with van der Waals surface area (Å²) in [5.74, 6) is -0.143. The molecule has 0 bridgehead atoms. The minimum Gasteiger partial charge on any atom is -0.322 e. The SMILES string of the molecule is O=C(Nc1ccc(Sc2cccs2)cc1)c1ccc(Cl)cc1. The molecule has 2 nitrogen and oxygen atoms in total. The summed E-state index contributed by atoms with van der Waals surface area (Å²) < 4.78 is 1.25. The van der Waals surface area contributed by atoms with E-state index in [4.69, 9.17) is 11.6 Å². The van der Waals surface area contributed by atoms with Gasteiger partial charge in [-0.3, -0.25) is 4.79 Å². The predicted molar refractivity (Wildman–Crippen MR) is 94.3 cm³/mol. The van der Waals surface area contributed by atoms with Crippen molar-refractivity contribution >= 4 is 46.3 Å². The van der Waals surface area contributed by atoms with Crippen molar-refractivity contribution in [1.82, 2.24) is 0 Å². The summed E-state index contributed by atoms with van der Waals surface area (Å²) in [5, 5.41) is 5.55. The molecule has 3 aromatic rings. The van der Waals surface area contributed by atoms with Gasteiger partial charge in [-0.2, -0.15) is 0 Å². The van der Waals surface area contributed by atoms with Gasteiger partial charge in [-0.15, -0.1) is 11.3 Å². The average molecular weight is 346 g/mol. The molecule has 0 saturated carbocycles. The predicted octanol–water partition coefficient (Wildman–Crippen LogP) is 5.81. The van der Waals surface area contributed by atoms with Crippen molar-refractivity contribution in [2.45, 2.75) is 9.10 Å². The van der Waals surface area contributed by atoms with Crippen LogP contribution in [0.2, 0.25) is 5.02 Å². The molecule has 0 aliphatic rings. The Kier molecular flexibility index (Phi) is 4.83. The van der Waals surface area contributed by atoms with Crippen LogP contribution in [0.15, 0.2) is 75.1 Å². The van der Waals surface area contributed by atoms with Gasteiger partial charge >= 0.3 is 0 Å². The zero-order valence-electron chi connectivity index (χ0n) is 11.5. The number of halogens is 1. The first kappa shape index (κ1) is 15.2. The highest BCUT2D eigenvalue weighted by atomic mass is 35.5. The fourth-order valence-electron chi connectivity index (χ4n) is 1.85. The Morgan fingerprint density at radius 2 is 1.73 bits per heavy atom. The zero-order valence-corrected chi connectivity index (χ0v) is 13.8. The van der Waals surface area contributed by atoms with E-state index in [1.54, 1.807) is 47.4 Å². The molecule has 0 aliphatic carbocycles. The number of anilines is 1. The van der Waals surface area contributed by atoms with Gasteiger partial charge in [0.15, 0.2) is 0 Å². The molecule has 0 fully saturated rings. The Morgan fingerprint density at radius 3 is 2.36 bits per heavy atom. The summed E-state index contributed by atoms with van der Waals surface area (Å²) in [5.41, 5.74) is 1.36. The van der Waals surface area contributed by atoms with E-state index in [-0.39, 0.29) is 5.91 Å². The molecule has 5 heteroatoms. The number of benzene rings is 2. The van der Waals surface area contributed by atoms with Crippen LogP contribution in [-0.4, -0.2) is 5.91 Å². The lowest BCUT2D eigenvalue weighted by Gasteiger charge is -2.06. The second kappa shape index (κ2) is 7.01. The maximum absolute atomic E-state index is 12.1. The Hall–Kier alpha value is -1.75. The molecule has 0 atom stereocenters. The number of amides is 1. The van der Waals surface area contributed by atoms with Crippen LogP contribution in [0.1, 0.15) is 10.4 Å². The van der Waals surface area contributed by atoms with Gasteiger partial charge in [0, 0.05) is 21.2 Å². The first-order valence-corrected chi connectivity index (χ1v) is 8.66. The van der Waals surface area contributed by atoms with E-state index >= 15 is 0 Å². The van der Waals surface area contributed by atoms with Crippen molar-refractivity contribution in [2.75, 3.05) is 5.32 Å². The number of rotatable bonds is 4. The number of carbonyl (C=O) groups is 1. The summed E-state index contributed by atoms with van der Waals surface area (Å²) >= 11 is 9.24.